The summed E-state index contributed by atoms with van der Waals surface area (Å²) in [5, 5.41) is 0. The summed E-state index contributed by atoms with van der Waals surface area (Å²) < 4.78 is 0. The van der Waals surface area contributed by atoms with Gasteiger partial charge in [0.05, 0.1) is 0 Å². The lowest BCUT2D eigenvalue weighted by Crippen LogP contribution is -2.42. The maximum Gasteiger partial charge on any atom is 0.219 e. The molecule has 1 amide bonds. The molecular weight excluding hydrogens is 164 g/mol. The summed E-state index contributed by atoms with van der Waals surface area (Å²) in [6.45, 7) is 1.90. The SMILES string of the molecule is CC(N)(CC(N)=O)C1CC1.Cl. The van der Waals surface area contributed by atoms with E-state index >= 15 is 0 Å². The second-order valence-corrected chi connectivity index (χ2v) is 3.42. The van der Waals surface area contributed by atoms with Crippen molar-refractivity contribution in [3.63, 3.8) is 0 Å². The molecule has 1 rings (SSSR count). The molecule has 11 heavy (non-hydrogen) atoms. The van der Waals surface area contributed by atoms with E-state index in [1.807, 2.05) is 6.92 Å². The van der Waals surface area contributed by atoms with Crippen LogP contribution in [0.5, 0.6) is 0 Å². The van der Waals surface area contributed by atoms with Crippen LogP contribution < -0.4 is 11.5 Å². The molecule has 1 aliphatic carbocycles. The average molecular weight is 179 g/mol. The standard InChI is InChI=1S/C7H14N2O.ClH/c1-7(9,4-6(8)10)5-2-3-5;/h5H,2-4,9H2,1H3,(H2,8,10);1H. The fourth-order valence-corrected chi connectivity index (χ4v) is 1.26. The first-order valence-corrected chi connectivity index (χ1v) is 3.59. The number of hydrogen-bond donors (Lipinski definition) is 2. The normalized spacial score (nSPS) is 21.6. The largest absolute Gasteiger partial charge is 0.370 e. The zero-order chi connectivity index (χ0) is 7.78. The number of primary amides is 1. The third-order valence-corrected chi connectivity index (χ3v) is 2.07. The lowest BCUT2D eigenvalue weighted by Gasteiger charge is -2.21. The Kier molecular flexibility index (Phi) is 3.32. The van der Waals surface area contributed by atoms with Crippen LogP contribution in [-0.4, -0.2) is 11.4 Å². The van der Waals surface area contributed by atoms with Crippen LogP contribution in [0, 0.1) is 5.92 Å². The van der Waals surface area contributed by atoms with Crippen molar-refractivity contribution in [2.24, 2.45) is 17.4 Å². The molecule has 1 aliphatic rings. The lowest BCUT2D eigenvalue weighted by atomic mass is 9.93. The van der Waals surface area contributed by atoms with E-state index in [1.165, 1.54) is 0 Å². The minimum atomic E-state index is -0.341. The van der Waals surface area contributed by atoms with Gasteiger partial charge in [-0.15, -0.1) is 12.4 Å². The van der Waals surface area contributed by atoms with Crippen LogP contribution >= 0.6 is 12.4 Å². The van der Waals surface area contributed by atoms with Gasteiger partial charge in [-0.25, -0.2) is 0 Å². The third kappa shape index (κ3) is 3.08. The molecule has 3 nitrogen and oxygen atoms in total. The van der Waals surface area contributed by atoms with Crippen LogP contribution in [0.4, 0.5) is 0 Å². The van der Waals surface area contributed by atoms with E-state index in [9.17, 15) is 4.79 Å². The van der Waals surface area contributed by atoms with Crippen molar-refractivity contribution in [1.82, 2.24) is 0 Å². The first-order chi connectivity index (χ1) is 4.52. The van der Waals surface area contributed by atoms with Crippen molar-refractivity contribution < 1.29 is 4.79 Å². The van der Waals surface area contributed by atoms with Gasteiger partial charge < -0.3 is 11.5 Å². The molecule has 1 unspecified atom stereocenters. The van der Waals surface area contributed by atoms with Gasteiger partial charge in [0.2, 0.25) is 5.91 Å². The minimum absolute atomic E-state index is 0. The maximum absolute atomic E-state index is 10.5. The van der Waals surface area contributed by atoms with Gasteiger partial charge in [0.1, 0.15) is 0 Å². The fourth-order valence-electron chi connectivity index (χ4n) is 1.26. The zero-order valence-electron chi connectivity index (χ0n) is 6.67. The molecule has 0 bridgehead atoms. The predicted octanol–water partition coefficient (Wildman–Crippen LogP) is 0.411. The van der Waals surface area contributed by atoms with Crippen LogP contribution in [0.2, 0.25) is 0 Å². The molecular formula is C7H15ClN2O. The van der Waals surface area contributed by atoms with Gasteiger partial charge >= 0.3 is 0 Å². The van der Waals surface area contributed by atoms with E-state index in [0.29, 0.717) is 12.3 Å². The Morgan fingerprint density at radius 1 is 1.64 bits per heavy atom. The lowest BCUT2D eigenvalue weighted by molar-refractivity contribution is -0.119. The Morgan fingerprint density at radius 2 is 2.09 bits per heavy atom. The molecule has 0 aromatic heterocycles. The van der Waals surface area contributed by atoms with Gasteiger partial charge in [0.25, 0.3) is 0 Å². The van der Waals surface area contributed by atoms with E-state index in [2.05, 4.69) is 0 Å². The van der Waals surface area contributed by atoms with E-state index in [-0.39, 0.29) is 23.9 Å². The van der Waals surface area contributed by atoms with Gasteiger partial charge in [-0.2, -0.15) is 0 Å². The molecule has 0 aliphatic heterocycles. The summed E-state index contributed by atoms with van der Waals surface area (Å²) >= 11 is 0. The molecule has 4 heteroatoms. The Hall–Kier alpha value is -0.280. The van der Waals surface area contributed by atoms with Crippen LogP contribution in [-0.2, 0) is 4.79 Å². The zero-order valence-corrected chi connectivity index (χ0v) is 7.49. The minimum Gasteiger partial charge on any atom is -0.370 e. The van der Waals surface area contributed by atoms with Gasteiger partial charge in [-0.3, -0.25) is 4.79 Å². The second-order valence-electron chi connectivity index (χ2n) is 3.42. The van der Waals surface area contributed by atoms with Crippen molar-refractivity contribution in [3.8, 4) is 0 Å². The summed E-state index contributed by atoms with van der Waals surface area (Å²) in [5.41, 5.74) is 10.5. The highest BCUT2D eigenvalue weighted by molar-refractivity contribution is 5.85. The first kappa shape index (κ1) is 10.7. The molecule has 0 aromatic rings. The van der Waals surface area contributed by atoms with Crippen molar-refractivity contribution in [2.75, 3.05) is 0 Å². The smallest absolute Gasteiger partial charge is 0.219 e. The molecule has 1 saturated carbocycles. The van der Waals surface area contributed by atoms with Crippen molar-refractivity contribution in [1.29, 1.82) is 0 Å². The number of halogens is 1. The van der Waals surface area contributed by atoms with Crippen molar-refractivity contribution in [3.05, 3.63) is 0 Å². The summed E-state index contributed by atoms with van der Waals surface area (Å²) in [4.78, 5) is 10.5. The molecule has 4 N–H and O–H groups in total. The first-order valence-electron chi connectivity index (χ1n) is 3.59. The van der Waals surface area contributed by atoms with E-state index in [0.717, 1.165) is 12.8 Å². The Bertz CT molecular complexity index is 155. The van der Waals surface area contributed by atoms with Crippen molar-refractivity contribution in [2.45, 2.75) is 31.7 Å². The maximum atomic E-state index is 10.5. The van der Waals surface area contributed by atoms with Gasteiger partial charge in [-0.1, -0.05) is 0 Å². The molecule has 1 atom stereocenters. The van der Waals surface area contributed by atoms with Crippen LogP contribution in [0.25, 0.3) is 0 Å². The summed E-state index contributed by atoms with van der Waals surface area (Å²) in [6, 6.07) is 0. The summed E-state index contributed by atoms with van der Waals surface area (Å²) in [5.74, 6) is 0.233. The monoisotopic (exact) mass is 178 g/mol. The number of carbonyl (C=O) groups excluding carboxylic acids is 1. The predicted molar refractivity (Wildman–Crippen MR) is 46.4 cm³/mol. The molecule has 1 fully saturated rings. The summed E-state index contributed by atoms with van der Waals surface area (Å²) in [7, 11) is 0. The molecule has 0 heterocycles. The van der Waals surface area contributed by atoms with Gasteiger partial charge in [0.15, 0.2) is 0 Å². The molecule has 66 valence electrons. The van der Waals surface area contributed by atoms with E-state index < -0.39 is 0 Å². The molecule has 0 radical (unpaired) electrons. The van der Waals surface area contributed by atoms with Gasteiger partial charge in [-0.05, 0) is 25.7 Å². The molecule has 0 spiro atoms. The van der Waals surface area contributed by atoms with Crippen LogP contribution in [0.1, 0.15) is 26.2 Å². The average Bonchev–Trinajstić information content (AvgIpc) is 2.35. The molecule has 0 saturated heterocycles. The number of hydrogen-bond acceptors (Lipinski definition) is 2. The highest BCUT2D eigenvalue weighted by Crippen LogP contribution is 2.39. The number of carbonyl (C=O) groups is 1. The highest BCUT2D eigenvalue weighted by Gasteiger charge is 2.39. The van der Waals surface area contributed by atoms with E-state index in [4.69, 9.17) is 11.5 Å². The third-order valence-electron chi connectivity index (χ3n) is 2.07. The quantitative estimate of drug-likeness (QED) is 0.658. The fraction of sp³-hybridized carbons (Fsp3) is 0.857. The Morgan fingerprint density at radius 3 is 2.36 bits per heavy atom. The number of nitrogens with two attached hydrogens (primary N) is 2. The number of rotatable bonds is 3. The highest BCUT2D eigenvalue weighted by atomic mass is 35.5. The van der Waals surface area contributed by atoms with Crippen molar-refractivity contribution >= 4 is 18.3 Å². The summed E-state index contributed by atoms with van der Waals surface area (Å²) in [6.07, 6.45) is 2.62. The Balaban J connectivity index is 0.000001000. The Labute approximate surface area is 72.9 Å². The number of amides is 1. The van der Waals surface area contributed by atoms with E-state index in [1.54, 1.807) is 0 Å². The second kappa shape index (κ2) is 3.41. The topological polar surface area (TPSA) is 69.1 Å². The van der Waals surface area contributed by atoms with Crippen LogP contribution in [0.3, 0.4) is 0 Å². The van der Waals surface area contributed by atoms with Gasteiger partial charge in [0, 0.05) is 12.0 Å². The molecule has 0 aromatic carbocycles. The van der Waals surface area contributed by atoms with Crippen LogP contribution in [0.15, 0.2) is 0 Å².